The number of hydrogen-bond acceptors (Lipinski definition) is 4. The summed E-state index contributed by atoms with van der Waals surface area (Å²) in [6.45, 7) is 1.91. The molecule has 2 aromatic rings. The number of ether oxygens (including phenoxy) is 1. The second-order valence-corrected chi connectivity index (χ2v) is 6.58. The number of halogens is 1. The van der Waals surface area contributed by atoms with Crippen molar-refractivity contribution in [2.75, 3.05) is 11.8 Å². The van der Waals surface area contributed by atoms with Crippen LogP contribution in [0.2, 0.25) is 0 Å². The fraction of sp³-hybridized carbons (Fsp3) is 0.118. The third-order valence-corrected chi connectivity index (χ3v) is 4.16. The van der Waals surface area contributed by atoms with E-state index in [1.165, 1.54) is 18.2 Å². The molecular formula is C17H16FNO4S. The molecule has 0 heterocycles. The summed E-state index contributed by atoms with van der Waals surface area (Å²) in [5.41, 5.74) is 1.07. The fourth-order valence-corrected chi connectivity index (χ4v) is 2.83. The third-order valence-electron chi connectivity index (χ3n) is 3.18. The van der Waals surface area contributed by atoms with Gasteiger partial charge in [-0.1, -0.05) is 35.9 Å². The highest BCUT2D eigenvalue weighted by molar-refractivity contribution is 7.95. The van der Waals surface area contributed by atoms with Gasteiger partial charge in [0.1, 0.15) is 5.82 Å². The highest BCUT2D eigenvalue weighted by atomic mass is 32.2. The number of anilines is 1. The zero-order valence-corrected chi connectivity index (χ0v) is 13.9. The zero-order chi connectivity index (χ0) is 17.7. The van der Waals surface area contributed by atoms with Crippen molar-refractivity contribution in [2.45, 2.75) is 6.92 Å². The molecule has 24 heavy (non-hydrogen) atoms. The van der Waals surface area contributed by atoms with Gasteiger partial charge >= 0.3 is 5.97 Å². The average Bonchev–Trinajstić information content (AvgIpc) is 2.55. The predicted octanol–water partition coefficient (Wildman–Crippen LogP) is 3.33. The number of hydrogen-bond donors (Lipinski definition) is 1. The molecule has 0 saturated carbocycles. The molecule has 0 spiro atoms. The Labute approximate surface area is 139 Å². The Morgan fingerprint density at radius 1 is 1.17 bits per heavy atom. The summed E-state index contributed by atoms with van der Waals surface area (Å²) in [7, 11) is -2.88. The van der Waals surface area contributed by atoms with Crippen molar-refractivity contribution < 1.29 is 22.3 Å². The van der Waals surface area contributed by atoms with Gasteiger partial charge in [0, 0.05) is 0 Å². The van der Waals surface area contributed by atoms with E-state index in [0.717, 1.165) is 24.1 Å². The van der Waals surface area contributed by atoms with E-state index in [0.29, 0.717) is 5.56 Å². The largest absolute Gasteiger partial charge is 0.465 e. The molecule has 0 fully saturated rings. The highest BCUT2D eigenvalue weighted by Gasteiger charge is 2.19. The van der Waals surface area contributed by atoms with Gasteiger partial charge in [0.05, 0.1) is 23.8 Å². The Hall–Kier alpha value is -2.67. The van der Waals surface area contributed by atoms with E-state index in [1.807, 2.05) is 19.1 Å². The first-order valence-corrected chi connectivity index (χ1v) is 8.51. The fourth-order valence-electron chi connectivity index (χ4n) is 1.93. The molecule has 2 rings (SSSR count). The maximum Gasteiger partial charge on any atom is 0.340 e. The molecule has 0 amide bonds. The van der Waals surface area contributed by atoms with Crippen LogP contribution in [0.3, 0.4) is 0 Å². The van der Waals surface area contributed by atoms with Crippen LogP contribution in [0.1, 0.15) is 21.5 Å². The van der Waals surface area contributed by atoms with Crippen LogP contribution in [0.25, 0.3) is 6.08 Å². The predicted molar refractivity (Wildman–Crippen MR) is 90.5 cm³/mol. The Balaban J connectivity index is 2.29. The van der Waals surface area contributed by atoms with Crippen molar-refractivity contribution >= 4 is 27.8 Å². The summed E-state index contributed by atoms with van der Waals surface area (Å²) >= 11 is 0. The van der Waals surface area contributed by atoms with E-state index in [-0.39, 0.29) is 5.56 Å². The molecule has 5 nitrogen and oxygen atoms in total. The topological polar surface area (TPSA) is 72.5 Å². The van der Waals surface area contributed by atoms with Gasteiger partial charge in [-0.3, -0.25) is 4.72 Å². The molecule has 0 atom stereocenters. The van der Waals surface area contributed by atoms with Crippen molar-refractivity contribution in [2.24, 2.45) is 0 Å². The summed E-state index contributed by atoms with van der Waals surface area (Å²) in [6, 6.07) is 10.8. The van der Waals surface area contributed by atoms with Gasteiger partial charge in [-0.25, -0.2) is 17.6 Å². The van der Waals surface area contributed by atoms with E-state index in [1.54, 1.807) is 12.1 Å². The molecular weight excluding hydrogens is 333 g/mol. The van der Waals surface area contributed by atoms with Crippen LogP contribution in [0.4, 0.5) is 10.1 Å². The van der Waals surface area contributed by atoms with Crippen molar-refractivity contribution in [1.29, 1.82) is 0 Å². The number of nitrogens with one attached hydrogen (secondary N) is 1. The van der Waals surface area contributed by atoms with Crippen molar-refractivity contribution in [3.8, 4) is 0 Å². The van der Waals surface area contributed by atoms with Gasteiger partial charge in [-0.15, -0.1) is 0 Å². The van der Waals surface area contributed by atoms with E-state index in [2.05, 4.69) is 9.46 Å². The Kier molecular flexibility index (Phi) is 5.35. The van der Waals surface area contributed by atoms with Gasteiger partial charge in [0.15, 0.2) is 0 Å². The molecule has 0 bridgehead atoms. The minimum Gasteiger partial charge on any atom is -0.465 e. The lowest BCUT2D eigenvalue weighted by Crippen LogP contribution is -2.15. The number of methoxy groups -OCH3 is 1. The second-order valence-electron chi connectivity index (χ2n) is 5.01. The second kappa shape index (κ2) is 7.27. The smallest absolute Gasteiger partial charge is 0.340 e. The zero-order valence-electron chi connectivity index (χ0n) is 13.1. The minimum atomic E-state index is -4.01. The first-order valence-electron chi connectivity index (χ1n) is 6.97. The number of aryl methyl sites for hydroxylation is 1. The van der Waals surface area contributed by atoms with Crippen LogP contribution < -0.4 is 4.72 Å². The van der Waals surface area contributed by atoms with Gasteiger partial charge in [-0.2, -0.15) is 0 Å². The number of carbonyl (C=O) groups is 1. The first kappa shape index (κ1) is 17.7. The first-order chi connectivity index (χ1) is 11.3. The summed E-state index contributed by atoms with van der Waals surface area (Å²) < 4.78 is 44.8. The molecule has 0 aromatic heterocycles. The monoisotopic (exact) mass is 349 g/mol. The number of esters is 1. The molecule has 126 valence electrons. The molecule has 0 aliphatic carbocycles. The molecule has 1 N–H and O–H groups in total. The Bertz CT molecular complexity index is 874. The van der Waals surface area contributed by atoms with Crippen LogP contribution in [0.5, 0.6) is 0 Å². The average molecular weight is 349 g/mol. The normalized spacial score (nSPS) is 11.5. The minimum absolute atomic E-state index is 0.204. The number of benzene rings is 2. The van der Waals surface area contributed by atoms with Gasteiger partial charge < -0.3 is 4.74 Å². The summed E-state index contributed by atoms with van der Waals surface area (Å²) in [5.74, 6) is -1.71. The lowest BCUT2D eigenvalue weighted by Gasteiger charge is -2.10. The lowest BCUT2D eigenvalue weighted by molar-refractivity contribution is 0.0601. The lowest BCUT2D eigenvalue weighted by atomic mass is 10.2. The maximum atomic E-state index is 13.9. The van der Waals surface area contributed by atoms with Gasteiger partial charge in [-0.05, 0) is 30.7 Å². The van der Waals surface area contributed by atoms with Crippen LogP contribution in [-0.2, 0) is 14.8 Å². The summed E-state index contributed by atoms with van der Waals surface area (Å²) in [5, 5.41) is 0.908. The molecule has 0 unspecified atom stereocenters. The van der Waals surface area contributed by atoms with Crippen LogP contribution in [0.15, 0.2) is 47.9 Å². The van der Waals surface area contributed by atoms with Crippen molar-refractivity contribution in [3.05, 3.63) is 70.4 Å². The molecule has 0 radical (unpaired) electrons. The van der Waals surface area contributed by atoms with Crippen LogP contribution in [-0.4, -0.2) is 21.5 Å². The Morgan fingerprint density at radius 2 is 1.83 bits per heavy atom. The van der Waals surface area contributed by atoms with Gasteiger partial charge in [0.2, 0.25) is 0 Å². The quantitative estimate of drug-likeness (QED) is 0.841. The summed E-state index contributed by atoms with van der Waals surface area (Å²) in [4.78, 5) is 11.6. The van der Waals surface area contributed by atoms with E-state index in [9.17, 15) is 17.6 Å². The number of rotatable bonds is 5. The number of carbonyl (C=O) groups excluding carboxylic acids is 1. The van der Waals surface area contributed by atoms with E-state index in [4.69, 9.17) is 0 Å². The molecule has 0 saturated heterocycles. The standard InChI is InChI=1S/C17H16FNO4S/c1-12-6-8-13(9-7-12)10-11-24(21,22)19-16-14(17(20)23-2)4-3-5-15(16)18/h3-11,19H,1-2H3/b11-10+. The van der Waals surface area contributed by atoms with Crippen molar-refractivity contribution in [3.63, 3.8) is 0 Å². The van der Waals surface area contributed by atoms with E-state index >= 15 is 0 Å². The molecule has 7 heteroatoms. The van der Waals surface area contributed by atoms with Crippen LogP contribution in [0, 0.1) is 12.7 Å². The molecule has 0 aliphatic rings. The van der Waals surface area contributed by atoms with Crippen LogP contribution >= 0.6 is 0 Å². The highest BCUT2D eigenvalue weighted by Crippen LogP contribution is 2.22. The molecule has 2 aromatic carbocycles. The van der Waals surface area contributed by atoms with Gasteiger partial charge in [0.25, 0.3) is 10.0 Å². The number of sulfonamides is 1. The third kappa shape index (κ3) is 4.42. The Morgan fingerprint density at radius 3 is 2.46 bits per heavy atom. The maximum absolute atomic E-state index is 13.9. The summed E-state index contributed by atoms with van der Waals surface area (Å²) in [6.07, 6.45) is 1.38. The molecule has 0 aliphatic heterocycles. The number of para-hydroxylation sites is 1. The van der Waals surface area contributed by atoms with E-state index < -0.39 is 27.5 Å². The SMILES string of the molecule is COC(=O)c1cccc(F)c1NS(=O)(=O)/C=C/c1ccc(C)cc1. The van der Waals surface area contributed by atoms with Crippen molar-refractivity contribution in [1.82, 2.24) is 0 Å².